The molecule has 2 atom stereocenters. The van der Waals surface area contributed by atoms with E-state index in [1.54, 1.807) is 35.4 Å². The predicted molar refractivity (Wildman–Crippen MR) is 122 cm³/mol. The minimum Gasteiger partial charge on any atom is -0.491 e. The van der Waals surface area contributed by atoms with E-state index in [1.807, 2.05) is 13.8 Å². The zero-order chi connectivity index (χ0) is 23.9. The number of fused-ring (bicyclic) bond motifs is 4. The molecule has 11 nitrogen and oxygen atoms in total. The van der Waals surface area contributed by atoms with Crippen LogP contribution in [0.4, 0.5) is 22.1 Å². The fourth-order valence-corrected chi connectivity index (χ4v) is 4.46. The summed E-state index contributed by atoms with van der Waals surface area (Å²) in [7, 11) is 1.30. The summed E-state index contributed by atoms with van der Waals surface area (Å²) in [6, 6.07) is 6.35. The van der Waals surface area contributed by atoms with E-state index in [1.165, 1.54) is 7.11 Å². The number of urea groups is 1. The van der Waals surface area contributed by atoms with Gasteiger partial charge in [0.05, 0.1) is 25.4 Å². The summed E-state index contributed by atoms with van der Waals surface area (Å²) in [4.78, 5) is 37.8. The highest BCUT2D eigenvalue weighted by Gasteiger charge is 2.40. The second-order valence-electron chi connectivity index (χ2n) is 8.86. The van der Waals surface area contributed by atoms with E-state index in [9.17, 15) is 9.59 Å². The molecule has 5 rings (SSSR count). The van der Waals surface area contributed by atoms with E-state index in [-0.39, 0.29) is 23.9 Å². The maximum Gasteiger partial charge on any atom is 0.356 e. The Morgan fingerprint density at radius 1 is 1.29 bits per heavy atom. The zero-order valence-electron chi connectivity index (χ0n) is 19.3. The molecule has 0 aliphatic carbocycles. The second kappa shape index (κ2) is 8.73. The number of carbonyl (C=O) groups excluding carboxylic acids is 2. The predicted octanol–water partition coefficient (Wildman–Crippen LogP) is 2.42. The average molecular weight is 469 g/mol. The second-order valence-corrected chi connectivity index (χ2v) is 8.86. The number of esters is 1. The topological polar surface area (TPSA) is 115 Å². The summed E-state index contributed by atoms with van der Waals surface area (Å²) in [5.41, 5.74) is 0.958. The number of methoxy groups -OCH3 is 1. The Hall–Kier alpha value is -3.44. The molecule has 2 saturated heterocycles. The Morgan fingerprint density at radius 3 is 2.91 bits per heavy atom. The number of hydrogen-bond acceptors (Lipinski definition) is 9. The van der Waals surface area contributed by atoms with Gasteiger partial charge in [-0.1, -0.05) is 0 Å². The fourth-order valence-electron chi connectivity index (χ4n) is 4.46. The van der Waals surface area contributed by atoms with Gasteiger partial charge in [-0.05, 0) is 38.5 Å². The lowest BCUT2D eigenvalue weighted by atomic mass is 10.2. The molecular formula is C23H27N5O6. The first-order chi connectivity index (χ1) is 16.3. The van der Waals surface area contributed by atoms with Crippen molar-refractivity contribution in [1.29, 1.82) is 0 Å². The number of aromatic nitrogens is 2. The van der Waals surface area contributed by atoms with Crippen molar-refractivity contribution in [2.24, 2.45) is 0 Å². The van der Waals surface area contributed by atoms with Crippen LogP contribution in [0.3, 0.4) is 0 Å². The van der Waals surface area contributed by atoms with E-state index in [2.05, 4.69) is 20.2 Å². The molecule has 0 aromatic carbocycles. The molecule has 34 heavy (non-hydrogen) atoms. The van der Waals surface area contributed by atoms with Crippen molar-refractivity contribution in [2.45, 2.75) is 38.2 Å². The van der Waals surface area contributed by atoms with Gasteiger partial charge < -0.3 is 23.8 Å². The van der Waals surface area contributed by atoms with Crippen molar-refractivity contribution < 1.29 is 28.5 Å². The Balaban J connectivity index is 1.31. The maximum atomic E-state index is 13.3. The van der Waals surface area contributed by atoms with Crippen LogP contribution in [0, 0.1) is 0 Å². The smallest absolute Gasteiger partial charge is 0.356 e. The fraction of sp³-hybridized carbons (Fsp3) is 0.478. The minimum atomic E-state index is -0.617. The summed E-state index contributed by atoms with van der Waals surface area (Å²) >= 11 is 0. The summed E-state index contributed by atoms with van der Waals surface area (Å²) < 4.78 is 21.9. The van der Waals surface area contributed by atoms with Crippen molar-refractivity contribution in [3.05, 3.63) is 36.2 Å². The van der Waals surface area contributed by atoms with Crippen molar-refractivity contribution in [2.75, 3.05) is 48.5 Å². The van der Waals surface area contributed by atoms with Crippen LogP contribution in [-0.4, -0.2) is 73.3 Å². The number of amides is 2. The van der Waals surface area contributed by atoms with Crippen molar-refractivity contribution in [3.63, 3.8) is 0 Å². The van der Waals surface area contributed by atoms with E-state index in [0.29, 0.717) is 37.1 Å². The summed E-state index contributed by atoms with van der Waals surface area (Å²) in [5, 5.41) is 2.84. The minimum absolute atomic E-state index is 0.0600. The van der Waals surface area contributed by atoms with Gasteiger partial charge in [-0.15, -0.1) is 0 Å². The molecule has 0 spiro atoms. The highest BCUT2D eigenvalue weighted by atomic mass is 16.7. The van der Waals surface area contributed by atoms with E-state index in [4.69, 9.17) is 18.9 Å². The third kappa shape index (κ3) is 4.36. The normalized spacial score (nSPS) is 22.3. The first-order valence-corrected chi connectivity index (χ1v) is 11.2. The van der Waals surface area contributed by atoms with Crippen molar-refractivity contribution in [3.8, 4) is 5.75 Å². The van der Waals surface area contributed by atoms with E-state index < -0.39 is 11.8 Å². The first kappa shape index (κ1) is 22.4. The lowest BCUT2D eigenvalue weighted by molar-refractivity contribution is -0.141. The molecular weight excluding hydrogens is 442 g/mol. The summed E-state index contributed by atoms with van der Waals surface area (Å²) in [6.45, 7) is 6.01. The molecule has 2 aromatic rings. The molecule has 3 aliphatic rings. The SMILES string of the molecule is COC(=O)c1ccc2c(n1)N(C(=O)Nc1cc(OC[C@@H]3COC(C)(C)O3)ccn1)C1CCN2C1. The van der Waals surface area contributed by atoms with Crippen LogP contribution in [0.2, 0.25) is 0 Å². The average Bonchev–Trinajstić information content (AvgIpc) is 3.40. The van der Waals surface area contributed by atoms with Crippen LogP contribution in [0.25, 0.3) is 0 Å². The highest BCUT2D eigenvalue weighted by Crippen LogP contribution is 2.39. The van der Waals surface area contributed by atoms with Crippen LogP contribution in [-0.2, 0) is 14.2 Å². The number of nitrogens with zero attached hydrogens (tertiary/aromatic N) is 4. The number of pyridine rings is 2. The summed E-state index contributed by atoms with van der Waals surface area (Å²) in [5.74, 6) is 0.159. The molecule has 3 aliphatic heterocycles. The van der Waals surface area contributed by atoms with E-state index in [0.717, 1.165) is 18.7 Å². The lowest BCUT2D eigenvalue weighted by Gasteiger charge is -2.35. The van der Waals surface area contributed by atoms with Crippen LogP contribution >= 0.6 is 0 Å². The Morgan fingerprint density at radius 2 is 2.15 bits per heavy atom. The molecule has 5 heterocycles. The number of rotatable bonds is 5. The number of ether oxygens (including phenoxy) is 4. The largest absolute Gasteiger partial charge is 0.491 e. The van der Waals surface area contributed by atoms with Gasteiger partial charge in [-0.25, -0.2) is 19.6 Å². The molecule has 1 N–H and O–H groups in total. The Bertz CT molecular complexity index is 1110. The molecule has 180 valence electrons. The molecule has 0 radical (unpaired) electrons. The number of anilines is 3. The van der Waals surface area contributed by atoms with Gasteiger partial charge in [0.15, 0.2) is 17.3 Å². The lowest BCUT2D eigenvalue weighted by Crippen LogP contribution is -2.48. The van der Waals surface area contributed by atoms with Gasteiger partial charge in [-0.2, -0.15) is 0 Å². The van der Waals surface area contributed by atoms with Gasteiger partial charge in [0.1, 0.15) is 24.3 Å². The standard InChI is InChI=1S/C23H27N5O6/c1-23(2)33-13-16(34-23)12-32-15-6-8-24-19(10-15)26-22(30)28-14-7-9-27(11-14)18-5-4-17(21(29)31-3)25-20(18)28/h4-6,8,10,14,16H,7,9,11-13H2,1-3H3,(H,24,26,30)/t14?,16-/m1/s1. The molecule has 11 heteroatoms. The quantitative estimate of drug-likeness (QED) is 0.659. The van der Waals surface area contributed by atoms with Gasteiger partial charge in [-0.3, -0.25) is 10.2 Å². The third-order valence-corrected chi connectivity index (χ3v) is 6.03. The van der Waals surface area contributed by atoms with Crippen molar-refractivity contribution >= 4 is 29.3 Å². The summed E-state index contributed by atoms with van der Waals surface area (Å²) in [6.07, 6.45) is 2.19. The van der Waals surface area contributed by atoms with Crippen molar-refractivity contribution in [1.82, 2.24) is 9.97 Å². The zero-order valence-corrected chi connectivity index (χ0v) is 19.3. The number of carbonyl (C=O) groups is 2. The molecule has 2 amide bonds. The molecule has 1 unspecified atom stereocenters. The van der Waals surface area contributed by atoms with E-state index >= 15 is 0 Å². The highest BCUT2D eigenvalue weighted by molar-refractivity contribution is 6.04. The molecule has 2 bridgehead atoms. The number of hydrogen-bond donors (Lipinski definition) is 1. The van der Waals surface area contributed by atoms with Crippen LogP contribution in [0.1, 0.15) is 30.8 Å². The van der Waals surface area contributed by atoms with Crippen LogP contribution in [0.5, 0.6) is 5.75 Å². The van der Waals surface area contributed by atoms with Gasteiger partial charge >= 0.3 is 12.0 Å². The van der Waals surface area contributed by atoms with Crippen LogP contribution in [0.15, 0.2) is 30.5 Å². The molecule has 2 aromatic heterocycles. The monoisotopic (exact) mass is 469 g/mol. The Kier molecular flexibility index (Phi) is 5.74. The van der Waals surface area contributed by atoms with Gasteiger partial charge in [0.2, 0.25) is 0 Å². The maximum absolute atomic E-state index is 13.3. The number of nitrogens with one attached hydrogen (secondary N) is 1. The molecule has 2 fully saturated rings. The Labute approximate surface area is 197 Å². The molecule has 0 saturated carbocycles. The van der Waals surface area contributed by atoms with Gasteiger partial charge in [0, 0.05) is 25.4 Å². The van der Waals surface area contributed by atoms with Crippen LogP contribution < -0.4 is 19.9 Å². The third-order valence-electron chi connectivity index (χ3n) is 6.03. The van der Waals surface area contributed by atoms with Gasteiger partial charge in [0.25, 0.3) is 0 Å². The first-order valence-electron chi connectivity index (χ1n) is 11.2.